The third kappa shape index (κ3) is 10.7. The molecule has 10 nitrogen and oxygen atoms in total. The molecule has 0 spiro atoms. The maximum atomic E-state index is 11.7. The number of carbonyl (C=O) groups is 2. The van der Waals surface area contributed by atoms with Gasteiger partial charge in [-0.3, -0.25) is 0 Å². The highest BCUT2D eigenvalue weighted by atomic mass is 32.2. The fraction of sp³-hybridized carbons (Fsp3) is 0.438. The zero-order valence-electron chi connectivity index (χ0n) is 25.9. The summed E-state index contributed by atoms with van der Waals surface area (Å²) in [6, 6.07) is 7.29. The Morgan fingerprint density at radius 2 is 0.907 bits per heavy atom. The van der Waals surface area contributed by atoms with Crippen molar-refractivity contribution in [2.75, 3.05) is 52.9 Å². The highest BCUT2D eigenvalue weighted by Gasteiger charge is 2.23. The van der Waals surface area contributed by atoms with Crippen molar-refractivity contribution in [2.45, 2.75) is 51.3 Å². The van der Waals surface area contributed by atoms with Crippen molar-refractivity contribution in [3.63, 3.8) is 0 Å². The summed E-state index contributed by atoms with van der Waals surface area (Å²) < 4.78 is 46.1. The van der Waals surface area contributed by atoms with Crippen LogP contribution in [0.2, 0.25) is 0 Å². The summed E-state index contributed by atoms with van der Waals surface area (Å²) in [6.45, 7) is 19.7. The van der Waals surface area contributed by atoms with E-state index in [1.165, 1.54) is 11.8 Å². The quantitative estimate of drug-likeness (QED) is 0.0931. The van der Waals surface area contributed by atoms with Gasteiger partial charge in [0, 0.05) is 11.1 Å². The normalized spacial score (nSPS) is 10.4. The van der Waals surface area contributed by atoms with Crippen LogP contribution in [0.15, 0.2) is 58.4 Å². The fourth-order valence-electron chi connectivity index (χ4n) is 3.50. The Morgan fingerprint density at radius 1 is 0.558 bits per heavy atom. The monoisotopic (exact) mass is 618 g/mol. The van der Waals surface area contributed by atoms with Crippen molar-refractivity contribution in [3.8, 4) is 34.5 Å². The van der Waals surface area contributed by atoms with E-state index in [1.807, 2.05) is 39.8 Å². The van der Waals surface area contributed by atoms with Gasteiger partial charge in [-0.25, -0.2) is 9.59 Å². The van der Waals surface area contributed by atoms with Crippen LogP contribution in [0.25, 0.3) is 0 Å². The largest absolute Gasteiger partial charge is 0.489 e. The Balaban J connectivity index is 2.38. The van der Waals surface area contributed by atoms with Gasteiger partial charge in [-0.2, -0.15) is 0 Å². The first-order chi connectivity index (χ1) is 20.7. The lowest BCUT2D eigenvalue weighted by Gasteiger charge is -2.21. The average Bonchev–Trinajstić information content (AvgIpc) is 2.97. The first-order valence-electron chi connectivity index (χ1n) is 14.1. The molecular weight excluding hydrogens is 576 g/mol. The van der Waals surface area contributed by atoms with Gasteiger partial charge in [0.15, 0.2) is 23.0 Å². The Hall–Kier alpha value is -3.99. The van der Waals surface area contributed by atoms with E-state index in [4.69, 9.17) is 37.9 Å². The predicted molar refractivity (Wildman–Crippen MR) is 164 cm³/mol. The Morgan fingerprint density at radius 3 is 1.23 bits per heavy atom. The van der Waals surface area contributed by atoms with Crippen molar-refractivity contribution < 1.29 is 47.5 Å². The van der Waals surface area contributed by atoms with E-state index in [1.54, 1.807) is 26.0 Å². The van der Waals surface area contributed by atoms with E-state index in [-0.39, 0.29) is 26.4 Å². The van der Waals surface area contributed by atoms with Crippen LogP contribution >= 0.6 is 11.8 Å². The number of ether oxygens (including phenoxy) is 8. The number of carbonyl (C=O) groups excluding carboxylic acids is 2. The number of hydrogen-bond acceptors (Lipinski definition) is 11. The van der Waals surface area contributed by atoms with Gasteiger partial charge in [0.25, 0.3) is 0 Å². The fourth-order valence-corrected chi connectivity index (χ4v) is 4.50. The summed E-state index contributed by atoms with van der Waals surface area (Å²) in [5.41, 5.74) is 0.634. The summed E-state index contributed by atoms with van der Waals surface area (Å²) in [4.78, 5) is 24.9. The van der Waals surface area contributed by atoms with Crippen molar-refractivity contribution in [1.82, 2.24) is 0 Å². The van der Waals surface area contributed by atoms with E-state index in [0.29, 0.717) is 72.1 Å². The van der Waals surface area contributed by atoms with Gasteiger partial charge in [-0.05, 0) is 65.8 Å². The molecule has 0 amide bonds. The lowest BCUT2D eigenvalue weighted by atomic mass is 10.3. The molecule has 0 N–H and O–H groups in total. The first kappa shape index (κ1) is 35.2. The van der Waals surface area contributed by atoms with Crippen LogP contribution in [0.3, 0.4) is 0 Å². The van der Waals surface area contributed by atoms with Crippen LogP contribution < -0.4 is 28.4 Å². The SMILES string of the molecule is C=C(C)C(=O)OCCOc1ccc(Sc2ccc(OCCOC(=O)C(=C)C)c(OCC)c2OCC)c(OCC)c1OCC. The molecule has 0 aliphatic rings. The molecular formula is C32H42O10S. The summed E-state index contributed by atoms with van der Waals surface area (Å²) in [5, 5.41) is 0. The molecule has 2 rings (SSSR count). The van der Waals surface area contributed by atoms with Gasteiger partial charge in [-0.15, -0.1) is 0 Å². The van der Waals surface area contributed by atoms with E-state index < -0.39 is 11.9 Å². The Bertz CT molecular complexity index is 1160. The summed E-state index contributed by atoms with van der Waals surface area (Å²) >= 11 is 1.41. The smallest absolute Gasteiger partial charge is 0.333 e. The minimum Gasteiger partial charge on any atom is -0.489 e. The van der Waals surface area contributed by atoms with Crippen molar-refractivity contribution in [1.29, 1.82) is 0 Å². The van der Waals surface area contributed by atoms with Gasteiger partial charge in [0.1, 0.15) is 26.4 Å². The molecule has 236 valence electrons. The van der Waals surface area contributed by atoms with Crippen molar-refractivity contribution in [3.05, 3.63) is 48.6 Å². The lowest BCUT2D eigenvalue weighted by molar-refractivity contribution is -0.140. The Kier molecular flexibility index (Phi) is 15.2. The predicted octanol–water partition coefficient (Wildman–Crippen LogP) is 6.43. The third-order valence-electron chi connectivity index (χ3n) is 5.30. The molecule has 0 heterocycles. The average molecular weight is 619 g/mol. The maximum absolute atomic E-state index is 11.7. The maximum Gasteiger partial charge on any atom is 0.333 e. The van der Waals surface area contributed by atoms with E-state index in [9.17, 15) is 9.59 Å². The van der Waals surface area contributed by atoms with Crippen LogP contribution in [0.4, 0.5) is 0 Å². The molecule has 0 atom stereocenters. The second kappa shape index (κ2) is 18.5. The highest BCUT2D eigenvalue weighted by Crippen LogP contribution is 2.51. The molecule has 2 aromatic rings. The molecule has 0 radical (unpaired) electrons. The molecule has 11 heteroatoms. The molecule has 0 aliphatic carbocycles. The molecule has 0 aromatic heterocycles. The van der Waals surface area contributed by atoms with Gasteiger partial charge < -0.3 is 37.9 Å². The van der Waals surface area contributed by atoms with Crippen molar-refractivity contribution >= 4 is 23.7 Å². The van der Waals surface area contributed by atoms with Crippen LogP contribution in [-0.2, 0) is 19.1 Å². The third-order valence-corrected chi connectivity index (χ3v) is 6.38. The van der Waals surface area contributed by atoms with E-state index in [2.05, 4.69) is 13.2 Å². The van der Waals surface area contributed by atoms with Crippen molar-refractivity contribution in [2.24, 2.45) is 0 Å². The van der Waals surface area contributed by atoms with Gasteiger partial charge in [-0.1, -0.05) is 24.9 Å². The molecule has 0 fully saturated rings. The number of benzene rings is 2. The lowest BCUT2D eigenvalue weighted by Crippen LogP contribution is -2.13. The summed E-state index contributed by atoms with van der Waals surface area (Å²) in [7, 11) is 0. The molecule has 2 aromatic carbocycles. The standard InChI is InChI=1S/C32H42O10S/c1-9-35-27-23(39-17-19-41-31(33)21(5)6)13-15-25(29(27)37-11-3)43-26-16-14-24(28(36-10-2)30(26)38-12-4)40-18-20-42-32(34)22(7)8/h13-16H,5,7,9-12,17-20H2,1-4,6,8H3. The van der Waals surface area contributed by atoms with Crippen LogP contribution in [-0.4, -0.2) is 64.8 Å². The number of rotatable bonds is 20. The molecule has 0 aliphatic heterocycles. The van der Waals surface area contributed by atoms with Gasteiger partial charge in [0.2, 0.25) is 11.5 Å². The second-order valence-electron chi connectivity index (χ2n) is 8.80. The number of esters is 2. The summed E-state index contributed by atoms with van der Waals surface area (Å²) in [5.74, 6) is 1.84. The summed E-state index contributed by atoms with van der Waals surface area (Å²) in [6.07, 6.45) is 0. The van der Waals surface area contributed by atoms with Crippen LogP contribution in [0, 0.1) is 0 Å². The van der Waals surface area contributed by atoms with Crippen LogP contribution in [0.5, 0.6) is 34.5 Å². The molecule has 0 bridgehead atoms. The first-order valence-corrected chi connectivity index (χ1v) is 14.9. The zero-order chi connectivity index (χ0) is 31.8. The highest BCUT2D eigenvalue weighted by molar-refractivity contribution is 7.99. The topological polar surface area (TPSA) is 108 Å². The van der Waals surface area contributed by atoms with E-state index in [0.717, 1.165) is 9.79 Å². The molecule has 0 saturated heterocycles. The van der Waals surface area contributed by atoms with Crippen LogP contribution in [0.1, 0.15) is 41.5 Å². The zero-order valence-corrected chi connectivity index (χ0v) is 26.7. The van der Waals surface area contributed by atoms with Gasteiger partial charge in [0.05, 0.1) is 36.2 Å². The second-order valence-corrected chi connectivity index (χ2v) is 9.89. The molecule has 43 heavy (non-hydrogen) atoms. The van der Waals surface area contributed by atoms with Gasteiger partial charge >= 0.3 is 11.9 Å². The number of hydrogen-bond donors (Lipinski definition) is 0. The Labute approximate surface area is 258 Å². The molecule has 0 unspecified atom stereocenters. The van der Waals surface area contributed by atoms with E-state index >= 15 is 0 Å². The minimum absolute atomic E-state index is 0.0560. The molecule has 0 saturated carbocycles. The minimum atomic E-state index is -0.477.